The van der Waals surface area contributed by atoms with Crippen LogP contribution in [0, 0.1) is 0 Å². The van der Waals surface area contributed by atoms with Crippen LogP contribution >= 0.6 is 0 Å². The molecule has 2 heterocycles. The summed E-state index contributed by atoms with van der Waals surface area (Å²) < 4.78 is 0. The lowest BCUT2D eigenvalue weighted by Gasteiger charge is -2.08. The number of imidazole rings is 1. The Morgan fingerprint density at radius 1 is 1.12 bits per heavy atom. The lowest BCUT2D eigenvalue weighted by atomic mass is 10.1. The van der Waals surface area contributed by atoms with Crippen LogP contribution in [0.15, 0.2) is 42.7 Å². The maximum Gasteiger partial charge on any atom is 0.339 e. The largest absolute Gasteiger partial charge is 0.478 e. The van der Waals surface area contributed by atoms with Gasteiger partial charge in [0.15, 0.2) is 5.82 Å². The van der Waals surface area contributed by atoms with Crippen molar-refractivity contribution in [2.45, 2.75) is 19.8 Å². The highest BCUT2D eigenvalue weighted by atomic mass is 16.4. The molecule has 2 aromatic heterocycles. The van der Waals surface area contributed by atoms with Crippen molar-refractivity contribution in [3.63, 3.8) is 0 Å². The van der Waals surface area contributed by atoms with Crippen molar-refractivity contribution in [1.29, 1.82) is 0 Å². The van der Waals surface area contributed by atoms with Gasteiger partial charge in [-0.05, 0) is 23.6 Å². The van der Waals surface area contributed by atoms with Gasteiger partial charge in [-0.2, -0.15) is 0 Å². The molecule has 0 unspecified atom stereocenters. The van der Waals surface area contributed by atoms with Crippen LogP contribution < -0.4 is 0 Å². The fourth-order valence-electron chi connectivity index (χ4n) is 2.43. The van der Waals surface area contributed by atoms with Gasteiger partial charge in [-0.3, -0.25) is 0 Å². The molecular weight excluding hydrogens is 316 g/mol. The highest BCUT2D eigenvalue weighted by Gasteiger charge is 2.15. The molecular formula is C19H18N4O2. The molecule has 0 radical (unpaired) electrons. The summed E-state index contributed by atoms with van der Waals surface area (Å²) in [5.41, 5.74) is 2.63. The number of nitrogens with zero attached hydrogens (tertiary/aromatic N) is 3. The predicted octanol–water partition coefficient (Wildman–Crippen LogP) is 3.86. The first-order valence-corrected chi connectivity index (χ1v) is 7.93. The zero-order chi connectivity index (χ0) is 17.8. The van der Waals surface area contributed by atoms with Gasteiger partial charge in [-0.15, -0.1) is 0 Å². The van der Waals surface area contributed by atoms with Crippen molar-refractivity contribution >= 4 is 18.1 Å². The second-order valence-electron chi connectivity index (χ2n) is 5.87. The molecule has 0 amide bonds. The zero-order valence-corrected chi connectivity index (χ0v) is 14.0. The quantitative estimate of drug-likeness (QED) is 0.739. The Hall–Kier alpha value is -3.28. The number of carboxylic acid groups (broad SMARTS) is 1. The van der Waals surface area contributed by atoms with E-state index in [0.717, 1.165) is 11.3 Å². The number of rotatable bonds is 5. The molecule has 3 aromatic rings. The Labute approximate surface area is 145 Å². The third-order valence-corrected chi connectivity index (χ3v) is 3.68. The van der Waals surface area contributed by atoms with Crippen molar-refractivity contribution in [3.05, 3.63) is 65.6 Å². The molecule has 6 heteroatoms. The number of aromatic amines is 1. The normalized spacial score (nSPS) is 11.3. The van der Waals surface area contributed by atoms with Crippen LogP contribution in [0.4, 0.5) is 0 Å². The van der Waals surface area contributed by atoms with Crippen molar-refractivity contribution in [2.75, 3.05) is 0 Å². The van der Waals surface area contributed by atoms with Crippen molar-refractivity contribution < 1.29 is 9.90 Å². The van der Waals surface area contributed by atoms with Gasteiger partial charge in [0.1, 0.15) is 5.82 Å². The van der Waals surface area contributed by atoms with Gasteiger partial charge in [0.2, 0.25) is 0 Å². The van der Waals surface area contributed by atoms with Gasteiger partial charge in [0.25, 0.3) is 0 Å². The SMILES string of the molecule is CC(C)c1nc(/C=C/c2ncc(-c3ccccc3)[nH]2)ncc1C(=O)O. The molecule has 0 spiro atoms. The third kappa shape index (κ3) is 3.80. The molecule has 0 aliphatic heterocycles. The highest BCUT2D eigenvalue weighted by Crippen LogP contribution is 2.18. The molecule has 0 bridgehead atoms. The first-order valence-electron chi connectivity index (χ1n) is 7.93. The number of carbonyl (C=O) groups is 1. The molecule has 1 aromatic carbocycles. The van der Waals surface area contributed by atoms with Crippen LogP contribution in [0.1, 0.15) is 47.5 Å². The summed E-state index contributed by atoms with van der Waals surface area (Å²) in [6, 6.07) is 9.91. The Morgan fingerprint density at radius 2 is 1.88 bits per heavy atom. The van der Waals surface area contributed by atoms with Gasteiger partial charge in [-0.1, -0.05) is 44.2 Å². The first kappa shape index (κ1) is 16.6. The number of benzene rings is 1. The molecule has 0 atom stereocenters. The van der Waals surface area contributed by atoms with Crippen LogP contribution in [0.25, 0.3) is 23.4 Å². The molecule has 0 aliphatic carbocycles. The van der Waals surface area contributed by atoms with Gasteiger partial charge in [0.05, 0.1) is 23.1 Å². The first-order chi connectivity index (χ1) is 12.0. The zero-order valence-electron chi connectivity index (χ0n) is 14.0. The van der Waals surface area contributed by atoms with Gasteiger partial charge in [-0.25, -0.2) is 19.7 Å². The second kappa shape index (κ2) is 7.09. The fraction of sp³-hybridized carbons (Fsp3) is 0.158. The van der Waals surface area contributed by atoms with Crippen LogP contribution in [0.5, 0.6) is 0 Å². The van der Waals surface area contributed by atoms with Crippen LogP contribution in [-0.2, 0) is 0 Å². The summed E-state index contributed by atoms with van der Waals surface area (Å²) in [6.45, 7) is 3.81. The van der Waals surface area contributed by atoms with E-state index in [2.05, 4.69) is 19.9 Å². The van der Waals surface area contributed by atoms with E-state index in [9.17, 15) is 9.90 Å². The minimum Gasteiger partial charge on any atom is -0.478 e. The van der Waals surface area contributed by atoms with E-state index in [0.29, 0.717) is 17.3 Å². The minimum absolute atomic E-state index is 0.00505. The number of H-pyrrole nitrogens is 1. The average Bonchev–Trinajstić information content (AvgIpc) is 3.09. The van der Waals surface area contributed by atoms with Crippen molar-refractivity contribution in [3.8, 4) is 11.3 Å². The minimum atomic E-state index is -1.02. The molecule has 126 valence electrons. The topological polar surface area (TPSA) is 91.8 Å². The fourth-order valence-corrected chi connectivity index (χ4v) is 2.43. The van der Waals surface area contributed by atoms with Crippen LogP contribution in [0.2, 0.25) is 0 Å². The van der Waals surface area contributed by atoms with E-state index in [1.54, 1.807) is 18.3 Å². The third-order valence-electron chi connectivity index (χ3n) is 3.68. The summed E-state index contributed by atoms with van der Waals surface area (Å²) >= 11 is 0. The second-order valence-corrected chi connectivity index (χ2v) is 5.87. The van der Waals surface area contributed by atoms with Gasteiger partial charge >= 0.3 is 5.97 Å². The molecule has 0 saturated carbocycles. The van der Waals surface area contributed by atoms with Crippen LogP contribution in [0.3, 0.4) is 0 Å². The van der Waals surface area contributed by atoms with E-state index in [1.165, 1.54) is 6.20 Å². The van der Waals surface area contributed by atoms with Crippen molar-refractivity contribution in [1.82, 2.24) is 19.9 Å². The lowest BCUT2D eigenvalue weighted by Crippen LogP contribution is -2.08. The van der Waals surface area contributed by atoms with Gasteiger partial charge in [0, 0.05) is 6.20 Å². The molecule has 25 heavy (non-hydrogen) atoms. The number of aromatic carboxylic acids is 1. The number of nitrogens with one attached hydrogen (secondary N) is 1. The van der Waals surface area contributed by atoms with E-state index >= 15 is 0 Å². The predicted molar refractivity (Wildman–Crippen MR) is 96.0 cm³/mol. The summed E-state index contributed by atoms with van der Waals surface area (Å²) in [4.78, 5) is 27.2. The van der Waals surface area contributed by atoms with Crippen molar-refractivity contribution in [2.24, 2.45) is 0 Å². The Bertz CT molecular complexity index is 914. The number of hydrogen-bond acceptors (Lipinski definition) is 4. The highest BCUT2D eigenvalue weighted by molar-refractivity contribution is 5.88. The summed E-state index contributed by atoms with van der Waals surface area (Å²) in [6.07, 6.45) is 6.60. The Kier molecular flexibility index (Phi) is 4.70. The molecule has 0 saturated heterocycles. The summed E-state index contributed by atoms with van der Waals surface area (Å²) in [7, 11) is 0. The van der Waals surface area contributed by atoms with Crippen LogP contribution in [-0.4, -0.2) is 31.0 Å². The lowest BCUT2D eigenvalue weighted by molar-refractivity contribution is 0.0694. The monoisotopic (exact) mass is 334 g/mol. The summed E-state index contributed by atoms with van der Waals surface area (Å²) in [5, 5.41) is 9.21. The average molecular weight is 334 g/mol. The summed E-state index contributed by atoms with van der Waals surface area (Å²) in [5.74, 6) is 0.106. The van der Waals surface area contributed by atoms with E-state index in [1.807, 2.05) is 44.2 Å². The maximum absolute atomic E-state index is 11.2. The number of hydrogen-bond donors (Lipinski definition) is 2. The Morgan fingerprint density at radius 3 is 2.56 bits per heavy atom. The van der Waals surface area contributed by atoms with E-state index < -0.39 is 5.97 Å². The van der Waals surface area contributed by atoms with Gasteiger partial charge < -0.3 is 10.1 Å². The molecule has 3 rings (SSSR count). The molecule has 0 fully saturated rings. The molecule has 0 aliphatic rings. The number of aromatic nitrogens is 4. The smallest absolute Gasteiger partial charge is 0.339 e. The standard InChI is InChI=1S/C19H18N4O2/c1-12(2)18-14(19(24)25)10-20-17(23-18)9-8-16-21-11-15(22-16)13-6-4-3-5-7-13/h3-12H,1-2H3,(H,21,22)(H,24,25)/b9-8+. The maximum atomic E-state index is 11.2. The number of carboxylic acids is 1. The van der Waals surface area contributed by atoms with E-state index in [-0.39, 0.29) is 11.5 Å². The van der Waals surface area contributed by atoms with E-state index in [4.69, 9.17) is 0 Å². The molecule has 6 nitrogen and oxygen atoms in total. The Balaban J connectivity index is 1.84. The molecule has 2 N–H and O–H groups in total.